The molecule has 1 saturated carbocycles. The summed E-state index contributed by atoms with van der Waals surface area (Å²) >= 11 is 0. The molecular formula is C12H17NO3. The average molecular weight is 223 g/mol. The lowest BCUT2D eigenvalue weighted by molar-refractivity contribution is 0.0559. The van der Waals surface area contributed by atoms with Gasteiger partial charge in [0.05, 0.1) is 12.6 Å². The summed E-state index contributed by atoms with van der Waals surface area (Å²) < 4.78 is 10.1. The Balaban J connectivity index is 2.20. The van der Waals surface area contributed by atoms with Crippen molar-refractivity contribution < 1.29 is 13.9 Å². The molecule has 0 spiro atoms. The summed E-state index contributed by atoms with van der Waals surface area (Å²) in [6.45, 7) is 0. The van der Waals surface area contributed by atoms with E-state index < -0.39 is 11.5 Å². The van der Waals surface area contributed by atoms with Crippen LogP contribution in [0.4, 0.5) is 0 Å². The molecule has 0 aliphatic heterocycles. The van der Waals surface area contributed by atoms with E-state index in [-0.39, 0.29) is 5.76 Å². The highest BCUT2D eigenvalue weighted by atomic mass is 16.5. The van der Waals surface area contributed by atoms with Crippen molar-refractivity contribution in [3.63, 3.8) is 0 Å². The van der Waals surface area contributed by atoms with Gasteiger partial charge in [-0.15, -0.1) is 0 Å². The molecule has 1 aliphatic rings. The SMILES string of the molecule is COC(=O)c1ccc(C2(N)CCCCC2)o1. The first-order valence-corrected chi connectivity index (χ1v) is 5.63. The zero-order chi connectivity index (χ0) is 11.6. The number of carbonyl (C=O) groups excluding carboxylic acids is 1. The van der Waals surface area contributed by atoms with Gasteiger partial charge in [-0.1, -0.05) is 19.3 Å². The molecular weight excluding hydrogens is 206 g/mol. The molecule has 4 heteroatoms. The monoisotopic (exact) mass is 223 g/mol. The van der Waals surface area contributed by atoms with Gasteiger partial charge in [-0.2, -0.15) is 0 Å². The van der Waals surface area contributed by atoms with E-state index in [2.05, 4.69) is 4.74 Å². The second-order valence-corrected chi connectivity index (χ2v) is 4.37. The van der Waals surface area contributed by atoms with Crippen LogP contribution in [0.15, 0.2) is 16.5 Å². The Bertz CT molecular complexity index is 377. The molecule has 4 nitrogen and oxygen atoms in total. The molecule has 2 N–H and O–H groups in total. The van der Waals surface area contributed by atoms with Gasteiger partial charge in [-0.3, -0.25) is 0 Å². The minimum absolute atomic E-state index is 0.230. The van der Waals surface area contributed by atoms with E-state index in [4.69, 9.17) is 10.2 Å². The largest absolute Gasteiger partial charge is 0.463 e. The molecule has 0 bridgehead atoms. The molecule has 88 valence electrons. The second-order valence-electron chi connectivity index (χ2n) is 4.37. The lowest BCUT2D eigenvalue weighted by Crippen LogP contribution is -2.38. The van der Waals surface area contributed by atoms with Crippen LogP contribution in [0.3, 0.4) is 0 Å². The first kappa shape index (κ1) is 11.2. The van der Waals surface area contributed by atoms with Gasteiger partial charge in [0.1, 0.15) is 5.76 Å². The number of ether oxygens (including phenoxy) is 1. The Morgan fingerprint density at radius 3 is 2.69 bits per heavy atom. The maximum atomic E-state index is 11.3. The number of nitrogens with two attached hydrogens (primary N) is 1. The Hall–Kier alpha value is -1.29. The summed E-state index contributed by atoms with van der Waals surface area (Å²) in [4.78, 5) is 11.3. The lowest BCUT2D eigenvalue weighted by Gasteiger charge is -2.31. The van der Waals surface area contributed by atoms with Crippen LogP contribution >= 0.6 is 0 Å². The molecule has 1 heterocycles. The zero-order valence-electron chi connectivity index (χ0n) is 9.49. The summed E-state index contributed by atoms with van der Waals surface area (Å²) in [6, 6.07) is 3.42. The molecule has 0 unspecified atom stereocenters. The maximum absolute atomic E-state index is 11.3. The van der Waals surface area contributed by atoms with Crippen molar-refractivity contribution in [2.45, 2.75) is 37.6 Å². The summed E-state index contributed by atoms with van der Waals surface area (Å²) in [6.07, 6.45) is 5.29. The van der Waals surface area contributed by atoms with Crippen molar-refractivity contribution >= 4 is 5.97 Å². The quantitative estimate of drug-likeness (QED) is 0.780. The first-order valence-electron chi connectivity index (χ1n) is 5.63. The fraction of sp³-hybridized carbons (Fsp3) is 0.583. The molecule has 16 heavy (non-hydrogen) atoms. The smallest absolute Gasteiger partial charge is 0.373 e. The van der Waals surface area contributed by atoms with Gasteiger partial charge in [0.2, 0.25) is 5.76 Å². The van der Waals surface area contributed by atoms with Crippen LogP contribution in [-0.4, -0.2) is 13.1 Å². The van der Waals surface area contributed by atoms with E-state index in [1.54, 1.807) is 12.1 Å². The van der Waals surface area contributed by atoms with E-state index in [0.29, 0.717) is 5.76 Å². The summed E-state index contributed by atoms with van der Waals surface area (Å²) in [5.41, 5.74) is 5.89. The molecule has 0 radical (unpaired) electrons. The fourth-order valence-corrected chi connectivity index (χ4v) is 2.24. The third-order valence-corrected chi connectivity index (χ3v) is 3.23. The van der Waals surface area contributed by atoms with E-state index in [9.17, 15) is 4.79 Å². The van der Waals surface area contributed by atoms with Crippen LogP contribution in [0, 0.1) is 0 Å². The highest BCUT2D eigenvalue weighted by Crippen LogP contribution is 2.35. The fourth-order valence-electron chi connectivity index (χ4n) is 2.24. The molecule has 0 amide bonds. The molecule has 1 fully saturated rings. The normalized spacial score (nSPS) is 19.4. The van der Waals surface area contributed by atoms with E-state index in [1.807, 2.05) is 0 Å². The van der Waals surface area contributed by atoms with Crippen molar-refractivity contribution in [2.75, 3.05) is 7.11 Å². The number of rotatable bonds is 2. The van der Waals surface area contributed by atoms with Crippen molar-refractivity contribution in [1.29, 1.82) is 0 Å². The van der Waals surface area contributed by atoms with Gasteiger partial charge >= 0.3 is 5.97 Å². The highest BCUT2D eigenvalue weighted by molar-refractivity contribution is 5.86. The van der Waals surface area contributed by atoms with Crippen molar-refractivity contribution in [3.8, 4) is 0 Å². The predicted molar refractivity (Wildman–Crippen MR) is 59.0 cm³/mol. The standard InChI is InChI=1S/C12H17NO3/c1-15-11(14)9-5-6-10(16-9)12(13)7-3-2-4-8-12/h5-6H,2-4,7-8,13H2,1H3. The van der Waals surface area contributed by atoms with Crippen LogP contribution in [-0.2, 0) is 10.3 Å². The number of furan rings is 1. The number of esters is 1. The summed E-state index contributed by atoms with van der Waals surface area (Å²) in [5, 5.41) is 0. The van der Waals surface area contributed by atoms with E-state index in [0.717, 1.165) is 25.7 Å². The van der Waals surface area contributed by atoms with Crippen LogP contribution < -0.4 is 5.73 Å². The lowest BCUT2D eigenvalue weighted by atomic mass is 9.81. The first-order chi connectivity index (χ1) is 7.65. The highest BCUT2D eigenvalue weighted by Gasteiger charge is 2.33. The predicted octanol–water partition coefficient (Wildman–Crippen LogP) is 2.18. The van der Waals surface area contributed by atoms with Gasteiger partial charge in [0.15, 0.2) is 0 Å². The van der Waals surface area contributed by atoms with Crippen molar-refractivity contribution in [2.24, 2.45) is 5.73 Å². The Morgan fingerprint density at radius 2 is 2.06 bits per heavy atom. The van der Waals surface area contributed by atoms with Gasteiger partial charge in [-0.05, 0) is 25.0 Å². The number of hydrogen-bond acceptors (Lipinski definition) is 4. The molecule has 0 aromatic carbocycles. The van der Waals surface area contributed by atoms with Crippen LogP contribution in [0.25, 0.3) is 0 Å². The van der Waals surface area contributed by atoms with E-state index >= 15 is 0 Å². The minimum atomic E-state index is -0.453. The third-order valence-electron chi connectivity index (χ3n) is 3.23. The molecule has 1 aliphatic carbocycles. The van der Waals surface area contributed by atoms with Crippen LogP contribution in [0.1, 0.15) is 48.4 Å². The second kappa shape index (κ2) is 4.29. The molecule has 0 saturated heterocycles. The minimum Gasteiger partial charge on any atom is -0.463 e. The Kier molecular flexibility index (Phi) is 3.01. The van der Waals surface area contributed by atoms with Crippen molar-refractivity contribution in [3.05, 3.63) is 23.7 Å². The van der Waals surface area contributed by atoms with Gasteiger partial charge in [-0.25, -0.2) is 4.79 Å². The maximum Gasteiger partial charge on any atom is 0.373 e. The average Bonchev–Trinajstić information content (AvgIpc) is 2.79. The Morgan fingerprint density at radius 1 is 1.38 bits per heavy atom. The number of methoxy groups -OCH3 is 1. The molecule has 1 aromatic heterocycles. The van der Waals surface area contributed by atoms with Gasteiger partial charge in [0, 0.05) is 0 Å². The topological polar surface area (TPSA) is 65.5 Å². The van der Waals surface area contributed by atoms with Gasteiger partial charge in [0.25, 0.3) is 0 Å². The van der Waals surface area contributed by atoms with Crippen LogP contribution in [0.5, 0.6) is 0 Å². The molecule has 1 aromatic rings. The van der Waals surface area contributed by atoms with Crippen molar-refractivity contribution in [1.82, 2.24) is 0 Å². The summed E-state index contributed by atoms with van der Waals surface area (Å²) in [7, 11) is 1.34. The third kappa shape index (κ3) is 1.97. The zero-order valence-corrected chi connectivity index (χ0v) is 9.49. The summed E-state index contributed by atoms with van der Waals surface area (Å²) in [5.74, 6) is 0.478. The number of hydrogen-bond donors (Lipinski definition) is 1. The molecule has 0 atom stereocenters. The Labute approximate surface area is 94.8 Å². The number of carbonyl (C=O) groups is 1. The van der Waals surface area contributed by atoms with E-state index in [1.165, 1.54) is 13.5 Å². The van der Waals surface area contributed by atoms with Crippen LogP contribution in [0.2, 0.25) is 0 Å². The van der Waals surface area contributed by atoms with Gasteiger partial charge < -0.3 is 14.9 Å². The molecule has 2 rings (SSSR count).